The monoisotopic (exact) mass is 804 g/mol. The summed E-state index contributed by atoms with van der Waals surface area (Å²) in [5.41, 5.74) is 18.1. The zero-order chi connectivity index (χ0) is 41.4. The number of para-hydroxylation sites is 1. The summed E-state index contributed by atoms with van der Waals surface area (Å²) in [5, 5.41) is 2.54. The predicted molar refractivity (Wildman–Crippen MR) is 254 cm³/mol. The number of aryl methyl sites for hydroxylation is 3. The van der Waals surface area contributed by atoms with Gasteiger partial charge in [0.05, 0.1) is 39.8 Å². The minimum atomic E-state index is -0.281. The van der Waals surface area contributed by atoms with Crippen LogP contribution in [0.3, 0.4) is 0 Å². The number of aromatic nitrogens is 3. The van der Waals surface area contributed by atoms with E-state index in [0.29, 0.717) is 0 Å². The number of hydrogen-bond acceptors (Lipinski definition) is 3. The van der Waals surface area contributed by atoms with Crippen LogP contribution in [0.4, 0.5) is 17.1 Å². The average molecular weight is 805 g/mol. The van der Waals surface area contributed by atoms with Gasteiger partial charge in [0, 0.05) is 48.6 Å². The molecule has 0 radical (unpaired) electrons. The van der Waals surface area contributed by atoms with Crippen molar-refractivity contribution in [3.63, 3.8) is 0 Å². The summed E-state index contributed by atoms with van der Waals surface area (Å²) < 4.78 is 7.15. The fraction of sp³-hybridized carbons (Fsp3) is 0.107. The average Bonchev–Trinajstić information content (AvgIpc) is 3.86. The Labute approximate surface area is 361 Å². The largest absolute Gasteiger partial charge is 0.310 e. The summed E-state index contributed by atoms with van der Waals surface area (Å²) in [5.74, 6) is 0. The van der Waals surface area contributed by atoms with Crippen molar-refractivity contribution in [1.29, 1.82) is 0 Å². The first-order chi connectivity index (χ1) is 29.8. The Morgan fingerprint density at radius 3 is 2.05 bits per heavy atom. The van der Waals surface area contributed by atoms with Crippen LogP contribution in [-0.4, -0.2) is 9.55 Å². The molecule has 0 bridgehead atoms. The SMILES string of the molecule is Cc1cc(C)c(-[n+]2[c-]n(-c3cccc(N4c5ccccc5C(C)(C)c5c4cc(-c4ccccn4)c4c5sc5ccccc54)c3)c(-c3ccccc3)c2-c2ccccc2)c(C)c1. The molecule has 0 aliphatic carbocycles. The molecule has 0 fully saturated rings. The molecule has 11 rings (SSSR count). The quantitative estimate of drug-likeness (QED) is 0.124. The van der Waals surface area contributed by atoms with Crippen LogP contribution in [0, 0.1) is 27.1 Å². The van der Waals surface area contributed by atoms with E-state index < -0.39 is 0 Å². The summed E-state index contributed by atoms with van der Waals surface area (Å²) in [6.07, 6.45) is 5.85. The molecule has 1 aliphatic heterocycles. The minimum Gasteiger partial charge on any atom is -0.310 e. The van der Waals surface area contributed by atoms with Crippen molar-refractivity contribution < 1.29 is 4.57 Å². The maximum Gasteiger partial charge on any atom is 0.269 e. The Morgan fingerprint density at radius 2 is 1.30 bits per heavy atom. The van der Waals surface area contributed by atoms with Gasteiger partial charge in [-0.05, 0) is 97.1 Å². The zero-order valence-electron chi connectivity index (χ0n) is 34.9. The lowest BCUT2D eigenvalue weighted by Gasteiger charge is -2.42. The van der Waals surface area contributed by atoms with Gasteiger partial charge in [0.15, 0.2) is 0 Å². The molecule has 4 heterocycles. The molecule has 0 amide bonds. The standard InChI is InChI=1S/C56H44N4S/c1-36-31-37(2)52(38(3)32-36)59-35-58(53(39-19-8-6-9-20-39)54(59)40-21-10-7-11-22-40)41-23-18-24-42(33-41)60-47-28-14-13-26-45(47)56(4,5)51-48(60)34-44(46-27-16-17-30-57-46)50-43-25-12-15-29-49(43)61-55(50)51/h6-34H,1-5H3. The van der Waals surface area contributed by atoms with Gasteiger partial charge in [-0.2, -0.15) is 0 Å². The van der Waals surface area contributed by atoms with E-state index in [0.717, 1.165) is 50.8 Å². The van der Waals surface area contributed by atoms with Crippen LogP contribution in [0.25, 0.3) is 65.3 Å². The van der Waals surface area contributed by atoms with Crippen LogP contribution in [0.1, 0.15) is 41.7 Å². The smallest absolute Gasteiger partial charge is 0.269 e. The maximum absolute atomic E-state index is 4.96. The van der Waals surface area contributed by atoms with E-state index in [1.54, 1.807) is 0 Å². The van der Waals surface area contributed by atoms with Gasteiger partial charge in [-0.25, -0.2) is 0 Å². The number of rotatable bonds is 6. The lowest BCUT2D eigenvalue weighted by Crippen LogP contribution is -2.34. The molecule has 0 saturated carbocycles. The van der Waals surface area contributed by atoms with E-state index in [2.05, 4.69) is 219 Å². The molecule has 1 aliphatic rings. The topological polar surface area (TPSA) is 24.9 Å². The van der Waals surface area contributed by atoms with Gasteiger partial charge in [0.2, 0.25) is 0 Å². The van der Waals surface area contributed by atoms with Crippen LogP contribution < -0.4 is 9.47 Å². The van der Waals surface area contributed by atoms with Gasteiger partial charge in [0.25, 0.3) is 6.33 Å². The summed E-state index contributed by atoms with van der Waals surface area (Å²) in [4.78, 5) is 7.45. The third kappa shape index (κ3) is 5.87. The predicted octanol–water partition coefficient (Wildman–Crippen LogP) is 14.4. The third-order valence-electron chi connectivity index (χ3n) is 12.4. The van der Waals surface area contributed by atoms with Crippen molar-refractivity contribution in [3.05, 3.63) is 210 Å². The number of imidazole rings is 1. The van der Waals surface area contributed by atoms with E-state index in [1.165, 1.54) is 59.4 Å². The number of hydrogen-bond donors (Lipinski definition) is 0. The van der Waals surface area contributed by atoms with E-state index in [-0.39, 0.29) is 5.41 Å². The van der Waals surface area contributed by atoms with E-state index >= 15 is 0 Å². The molecule has 61 heavy (non-hydrogen) atoms. The first kappa shape index (κ1) is 37.0. The molecular formula is C56H44N4S. The van der Waals surface area contributed by atoms with Crippen molar-refractivity contribution in [1.82, 2.24) is 9.55 Å². The molecule has 5 heteroatoms. The van der Waals surface area contributed by atoms with Crippen LogP contribution in [-0.2, 0) is 5.41 Å². The number of anilines is 3. The third-order valence-corrected chi connectivity index (χ3v) is 13.6. The summed E-state index contributed by atoms with van der Waals surface area (Å²) in [7, 11) is 0. The molecule has 294 valence electrons. The molecule has 3 aromatic heterocycles. The Bertz CT molecular complexity index is 3280. The maximum atomic E-state index is 4.96. The van der Waals surface area contributed by atoms with Crippen LogP contribution in [0.5, 0.6) is 0 Å². The molecule has 4 nitrogen and oxygen atoms in total. The van der Waals surface area contributed by atoms with Crippen LogP contribution in [0.15, 0.2) is 176 Å². The van der Waals surface area contributed by atoms with Gasteiger partial charge in [-0.3, -0.25) is 14.1 Å². The van der Waals surface area contributed by atoms with Crippen molar-refractivity contribution in [2.24, 2.45) is 0 Å². The van der Waals surface area contributed by atoms with Gasteiger partial charge in [-0.15, -0.1) is 11.3 Å². The second kappa shape index (κ2) is 14.3. The van der Waals surface area contributed by atoms with Gasteiger partial charge in [-0.1, -0.05) is 141 Å². The normalized spacial score (nSPS) is 13.1. The lowest BCUT2D eigenvalue weighted by molar-refractivity contribution is -0.588. The highest BCUT2D eigenvalue weighted by molar-refractivity contribution is 7.26. The van der Waals surface area contributed by atoms with E-state index in [9.17, 15) is 0 Å². The molecule has 10 aromatic rings. The number of fused-ring (bicyclic) bond motifs is 6. The Kier molecular flexibility index (Phi) is 8.66. The van der Waals surface area contributed by atoms with Gasteiger partial charge in [0.1, 0.15) is 0 Å². The van der Waals surface area contributed by atoms with E-state index in [4.69, 9.17) is 4.98 Å². The Balaban J connectivity index is 1.21. The molecule has 0 N–H and O–H groups in total. The first-order valence-electron chi connectivity index (χ1n) is 21.0. The number of nitrogens with zero attached hydrogens (tertiary/aromatic N) is 4. The highest BCUT2D eigenvalue weighted by Gasteiger charge is 2.40. The van der Waals surface area contributed by atoms with Crippen molar-refractivity contribution in [3.8, 4) is 45.1 Å². The molecule has 0 spiro atoms. The van der Waals surface area contributed by atoms with Gasteiger partial charge < -0.3 is 4.90 Å². The zero-order valence-corrected chi connectivity index (χ0v) is 35.8. The molecule has 0 saturated heterocycles. The fourth-order valence-corrected chi connectivity index (χ4v) is 11.3. The second-order valence-electron chi connectivity index (χ2n) is 16.8. The second-order valence-corrected chi connectivity index (χ2v) is 17.8. The van der Waals surface area contributed by atoms with Crippen LogP contribution in [0.2, 0.25) is 0 Å². The van der Waals surface area contributed by atoms with Crippen molar-refractivity contribution >= 4 is 48.6 Å². The van der Waals surface area contributed by atoms with E-state index in [1.807, 2.05) is 23.6 Å². The first-order valence-corrected chi connectivity index (χ1v) is 21.8. The fourth-order valence-electron chi connectivity index (χ4n) is 9.91. The van der Waals surface area contributed by atoms with Crippen molar-refractivity contribution in [2.75, 3.05) is 4.90 Å². The highest BCUT2D eigenvalue weighted by Crippen LogP contribution is 2.57. The van der Waals surface area contributed by atoms with Crippen LogP contribution >= 0.6 is 11.3 Å². The number of thiophene rings is 1. The molecular weight excluding hydrogens is 761 g/mol. The Hall–Kier alpha value is -7.08. The highest BCUT2D eigenvalue weighted by atomic mass is 32.1. The summed E-state index contributed by atoms with van der Waals surface area (Å²) in [6, 6.07) is 61.5. The minimum absolute atomic E-state index is 0.281. The van der Waals surface area contributed by atoms with Gasteiger partial charge >= 0.3 is 0 Å². The van der Waals surface area contributed by atoms with Crippen molar-refractivity contribution in [2.45, 2.75) is 40.0 Å². The number of pyridine rings is 1. The molecule has 7 aromatic carbocycles. The Morgan fingerprint density at radius 1 is 0.623 bits per heavy atom. The lowest BCUT2D eigenvalue weighted by atomic mass is 9.72. The summed E-state index contributed by atoms with van der Waals surface area (Å²) in [6.45, 7) is 11.4. The number of benzene rings is 7. The summed E-state index contributed by atoms with van der Waals surface area (Å²) >= 11 is 1.90. The molecule has 0 atom stereocenters. The molecule has 0 unspecified atom stereocenters.